The van der Waals surface area contributed by atoms with Crippen LogP contribution in [0, 0.1) is 11.1 Å². The van der Waals surface area contributed by atoms with Gasteiger partial charge in [0.05, 0.1) is 6.61 Å². The van der Waals surface area contributed by atoms with Crippen molar-refractivity contribution >= 4 is 28.9 Å². The predicted molar refractivity (Wildman–Crippen MR) is 178 cm³/mol. The smallest absolute Gasteiger partial charge is 0.329 e. The molecule has 0 aliphatic heterocycles. The van der Waals surface area contributed by atoms with E-state index in [1.807, 2.05) is 13.8 Å². The van der Waals surface area contributed by atoms with Crippen molar-refractivity contribution in [3.63, 3.8) is 0 Å². The number of halogens is 1. The highest BCUT2D eigenvalue weighted by Gasteiger charge is 2.23. The summed E-state index contributed by atoms with van der Waals surface area (Å²) in [5.74, 6) is 0.650. The van der Waals surface area contributed by atoms with Gasteiger partial charge in [-0.05, 0) is 48.7 Å². The Balaban J connectivity index is 1.55. The van der Waals surface area contributed by atoms with Crippen molar-refractivity contribution in [1.29, 1.82) is 0 Å². The first-order valence-corrected chi connectivity index (χ1v) is 17.3. The zero-order valence-corrected chi connectivity index (χ0v) is 27.7. The van der Waals surface area contributed by atoms with Crippen LogP contribution in [0.25, 0.3) is 0 Å². The zero-order valence-electron chi connectivity index (χ0n) is 26.9. The molecule has 0 aromatic heterocycles. The number of carbonyl (C=O) groups excluding carboxylic acids is 1. The van der Waals surface area contributed by atoms with E-state index in [4.69, 9.17) is 21.1 Å². The molecule has 0 spiro atoms. The van der Waals surface area contributed by atoms with Crippen LogP contribution in [0.4, 0.5) is 11.4 Å². The minimum absolute atomic E-state index is 0.0213. The second-order valence-corrected chi connectivity index (χ2v) is 12.2. The van der Waals surface area contributed by atoms with Crippen LogP contribution < -0.4 is 9.47 Å². The molecule has 0 aliphatic rings. The quantitative estimate of drug-likeness (QED) is 0.0224. The molecule has 6 nitrogen and oxygen atoms in total. The van der Waals surface area contributed by atoms with Crippen LogP contribution in [-0.2, 0) is 4.79 Å². The molecule has 0 saturated carbocycles. The van der Waals surface area contributed by atoms with Gasteiger partial charge in [0.25, 0.3) is 0 Å². The van der Waals surface area contributed by atoms with Crippen LogP contribution >= 0.6 is 11.6 Å². The van der Waals surface area contributed by atoms with Crippen molar-refractivity contribution < 1.29 is 19.1 Å². The van der Waals surface area contributed by atoms with Gasteiger partial charge in [0.2, 0.25) is 5.69 Å². The maximum atomic E-state index is 12.5. The summed E-state index contributed by atoms with van der Waals surface area (Å²) in [6.07, 6.45) is 22.4. The Labute approximate surface area is 265 Å². The number of alkyl halides is 1. The first-order valence-electron chi connectivity index (χ1n) is 16.8. The number of rotatable bonds is 24. The van der Waals surface area contributed by atoms with E-state index >= 15 is 0 Å². The monoisotopic (exact) mass is 614 g/mol. The fraction of sp³-hybridized carbons (Fsp3) is 0.639. The van der Waals surface area contributed by atoms with Gasteiger partial charge in [-0.25, -0.2) is 0 Å². The molecule has 0 amide bonds. The van der Waals surface area contributed by atoms with Gasteiger partial charge in [0.15, 0.2) is 0 Å². The van der Waals surface area contributed by atoms with E-state index in [2.05, 4.69) is 12.0 Å². The van der Waals surface area contributed by atoms with Crippen LogP contribution in [0.5, 0.6) is 11.5 Å². The van der Waals surface area contributed by atoms with E-state index in [9.17, 15) is 10.0 Å². The average molecular weight is 615 g/mol. The van der Waals surface area contributed by atoms with Crippen LogP contribution in [0.15, 0.2) is 53.6 Å². The summed E-state index contributed by atoms with van der Waals surface area (Å²) in [4.78, 5) is 12.7. The van der Waals surface area contributed by atoms with Crippen LogP contribution in [0.1, 0.15) is 130 Å². The van der Waals surface area contributed by atoms with E-state index in [-0.39, 0.29) is 5.92 Å². The molecule has 0 N–H and O–H groups in total. The van der Waals surface area contributed by atoms with Crippen LogP contribution in [0.3, 0.4) is 0 Å². The summed E-state index contributed by atoms with van der Waals surface area (Å²) >= 11 is 6.15. The number of esters is 1. The van der Waals surface area contributed by atoms with Gasteiger partial charge in [0, 0.05) is 17.2 Å². The normalized spacial score (nSPS) is 13.1. The number of hydrogen-bond acceptors (Lipinski definition) is 5. The zero-order chi connectivity index (χ0) is 31.1. The average Bonchev–Trinajstić information content (AvgIpc) is 3.02. The van der Waals surface area contributed by atoms with Gasteiger partial charge in [-0.2, -0.15) is 0 Å². The first kappa shape index (κ1) is 36.6. The van der Waals surface area contributed by atoms with E-state index in [0.717, 1.165) is 18.6 Å². The standard InChI is InChI=1S/C36H55ClN2O4/c1-4-6-7-8-9-10-11-12-13-14-15-16-17-18-19-20-29-42-33-27-23-32(24-28-33)39(41)38-31-21-25-34(26-22-31)43-36(40)35(37)30(3)5-2/h21-28,30,35H,4-20,29H2,1-3H3/t30-,35-/m0/s1. The molecule has 43 heavy (non-hydrogen) atoms. The van der Waals surface area contributed by atoms with Gasteiger partial charge in [-0.3, -0.25) is 4.79 Å². The number of hydrogen-bond donors (Lipinski definition) is 0. The lowest BCUT2D eigenvalue weighted by atomic mass is 10.0. The van der Waals surface area contributed by atoms with Crippen molar-refractivity contribution in [3.05, 3.63) is 53.7 Å². The third-order valence-corrected chi connectivity index (χ3v) is 8.56. The summed E-state index contributed by atoms with van der Waals surface area (Å²) < 4.78 is 11.2. The van der Waals surface area contributed by atoms with E-state index in [1.54, 1.807) is 48.5 Å². The second-order valence-electron chi connectivity index (χ2n) is 11.7. The molecule has 0 fully saturated rings. The highest BCUT2D eigenvalue weighted by molar-refractivity contribution is 6.30. The third kappa shape index (κ3) is 16.2. The fourth-order valence-electron chi connectivity index (χ4n) is 4.87. The highest BCUT2D eigenvalue weighted by atomic mass is 35.5. The molecule has 240 valence electrons. The number of azo groups is 1. The van der Waals surface area contributed by atoms with Crippen molar-refractivity contribution in [2.75, 3.05) is 6.61 Å². The molecule has 2 aromatic carbocycles. The van der Waals surface area contributed by atoms with Crippen molar-refractivity contribution in [1.82, 2.24) is 0 Å². The van der Waals surface area contributed by atoms with Gasteiger partial charge >= 0.3 is 5.97 Å². The molecule has 2 atom stereocenters. The SMILES string of the molecule is CCCCCCCCCCCCCCCCCCOc1ccc([N+]([O-])=Nc2ccc(OC(=O)[C@@H](Cl)[C@@H](C)CC)cc2)cc1. The molecule has 0 bridgehead atoms. The lowest BCUT2D eigenvalue weighted by Gasteiger charge is -2.14. The summed E-state index contributed by atoms with van der Waals surface area (Å²) in [7, 11) is 0. The Bertz CT molecular complexity index is 1030. The van der Waals surface area contributed by atoms with E-state index in [1.165, 1.54) is 96.3 Å². The van der Waals surface area contributed by atoms with Crippen LogP contribution in [0.2, 0.25) is 0 Å². The minimum Gasteiger partial charge on any atom is -0.594 e. The highest BCUT2D eigenvalue weighted by Crippen LogP contribution is 2.24. The Morgan fingerprint density at radius 2 is 1.21 bits per heavy atom. The molecule has 0 aliphatic carbocycles. The summed E-state index contributed by atoms with van der Waals surface area (Å²) in [5, 5.41) is 15.9. The molecular weight excluding hydrogens is 560 g/mol. The first-order chi connectivity index (χ1) is 20.9. The maximum absolute atomic E-state index is 12.5. The summed E-state index contributed by atoms with van der Waals surface area (Å²) in [5.41, 5.74) is 0.853. The molecule has 0 heterocycles. The summed E-state index contributed by atoms with van der Waals surface area (Å²) in [6, 6.07) is 13.4. The molecule has 2 aromatic rings. The van der Waals surface area contributed by atoms with Crippen molar-refractivity contribution in [2.24, 2.45) is 11.0 Å². The Morgan fingerprint density at radius 1 is 0.744 bits per heavy atom. The number of ether oxygens (including phenoxy) is 2. The fourth-order valence-corrected chi connectivity index (χ4v) is 5.09. The number of carbonyl (C=O) groups is 1. The lowest BCUT2D eigenvalue weighted by Crippen LogP contribution is -2.26. The Hall–Kier alpha value is -2.60. The van der Waals surface area contributed by atoms with E-state index < -0.39 is 11.3 Å². The van der Waals surface area contributed by atoms with Gasteiger partial charge in [-0.15, -0.1) is 11.6 Å². The van der Waals surface area contributed by atoms with Gasteiger partial charge in [-0.1, -0.05) is 128 Å². The summed E-state index contributed by atoms with van der Waals surface area (Å²) in [6.45, 7) is 6.84. The molecule has 0 radical (unpaired) electrons. The molecular formula is C36H55ClN2O4. The number of nitrogens with zero attached hydrogens (tertiary/aromatic N) is 2. The van der Waals surface area contributed by atoms with Gasteiger partial charge < -0.3 is 14.7 Å². The molecule has 0 unspecified atom stereocenters. The Kier molecular flexibility index (Phi) is 19.5. The molecule has 0 saturated heterocycles. The van der Waals surface area contributed by atoms with Crippen LogP contribution in [-0.4, -0.2) is 22.8 Å². The lowest BCUT2D eigenvalue weighted by molar-refractivity contribution is -0.435. The predicted octanol–water partition coefficient (Wildman–Crippen LogP) is 11.8. The topological polar surface area (TPSA) is 74.0 Å². The molecule has 2 rings (SSSR count). The van der Waals surface area contributed by atoms with Crippen molar-refractivity contribution in [3.8, 4) is 11.5 Å². The van der Waals surface area contributed by atoms with E-state index in [0.29, 0.717) is 28.6 Å². The Morgan fingerprint density at radius 3 is 1.70 bits per heavy atom. The van der Waals surface area contributed by atoms with Gasteiger partial charge in [0.1, 0.15) is 22.6 Å². The maximum Gasteiger partial charge on any atom is 0.329 e. The minimum atomic E-state index is -0.702. The van der Waals surface area contributed by atoms with Crippen molar-refractivity contribution in [2.45, 2.75) is 135 Å². The number of benzene rings is 2. The number of unbranched alkanes of at least 4 members (excludes halogenated alkanes) is 15. The largest absolute Gasteiger partial charge is 0.594 e. The third-order valence-electron chi connectivity index (χ3n) is 7.95. The molecule has 7 heteroatoms. The second kappa shape index (κ2) is 22.9.